The fourth-order valence-electron chi connectivity index (χ4n) is 2.82. The van der Waals surface area contributed by atoms with Gasteiger partial charge in [0.1, 0.15) is 0 Å². The Labute approximate surface area is 112 Å². The molecule has 0 amide bonds. The van der Waals surface area contributed by atoms with E-state index in [0.29, 0.717) is 0 Å². The molecule has 1 aromatic carbocycles. The van der Waals surface area contributed by atoms with Crippen LogP contribution >= 0.6 is 0 Å². The molecule has 1 aliphatic rings. The SMILES string of the molecule is CNC(CCc1cccc(CC(C)C)c1)C1CC1. The number of aryl methyl sites for hydroxylation is 1. The van der Waals surface area contributed by atoms with Gasteiger partial charge in [-0.3, -0.25) is 0 Å². The van der Waals surface area contributed by atoms with Crippen molar-refractivity contribution in [2.75, 3.05) is 7.05 Å². The fourth-order valence-corrected chi connectivity index (χ4v) is 2.82. The summed E-state index contributed by atoms with van der Waals surface area (Å²) in [6.07, 6.45) is 6.56. The highest BCUT2D eigenvalue weighted by Crippen LogP contribution is 2.34. The summed E-state index contributed by atoms with van der Waals surface area (Å²) >= 11 is 0. The van der Waals surface area contributed by atoms with Crippen LogP contribution in [-0.2, 0) is 12.8 Å². The first-order chi connectivity index (χ1) is 8.69. The molecule has 2 rings (SSSR count). The van der Waals surface area contributed by atoms with Gasteiger partial charge in [-0.2, -0.15) is 0 Å². The minimum absolute atomic E-state index is 0.735. The van der Waals surface area contributed by atoms with E-state index >= 15 is 0 Å². The lowest BCUT2D eigenvalue weighted by atomic mass is 9.97. The summed E-state index contributed by atoms with van der Waals surface area (Å²) in [4.78, 5) is 0. The van der Waals surface area contributed by atoms with Crippen LogP contribution < -0.4 is 5.32 Å². The van der Waals surface area contributed by atoms with Crippen molar-refractivity contribution < 1.29 is 0 Å². The number of nitrogens with one attached hydrogen (secondary N) is 1. The van der Waals surface area contributed by atoms with Gasteiger partial charge in [-0.05, 0) is 62.1 Å². The average Bonchev–Trinajstić information content (AvgIpc) is 3.14. The Morgan fingerprint density at radius 3 is 2.56 bits per heavy atom. The molecule has 1 atom stereocenters. The smallest absolute Gasteiger partial charge is 0.00954 e. The Bertz CT molecular complexity index is 366. The van der Waals surface area contributed by atoms with Crippen LogP contribution in [0.3, 0.4) is 0 Å². The van der Waals surface area contributed by atoms with Gasteiger partial charge < -0.3 is 5.32 Å². The van der Waals surface area contributed by atoms with Crippen LogP contribution in [0.5, 0.6) is 0 Å². The quantitative estimate of drug-likeness (QED) is 0.770. The summed E-state index contributed by atoms with van der Waals surface area (Å²) < 4.78 is 0. The molecule has 0 saturated heterocycles. The van der Waals surface area contributed by atoms with Crippen molar-refractivity contribution in [2.45, 2.75) is 52.0 Å². The molecule has 0 bridgehead atoms. The summed E-state index contributed by atoms with van der Waals surface area (Å²) in [6, 6.07) is 9.90. The van der Waals surface area contributed by atoms with Gasteiger partial charge >= 0.3 is 0 Å². The van der Waals surface area contributed by atoms with Crippen molar-refractivity contribution in [3.05, 3.63) is 35.4 Å². The lowest BCUT2D eigenvalue weighted by Gasteiger charge is -2.15. The molecule has 1 nitrogen and oxygen atoms in total. The Morgan fingerprint density at radius 2 is 1.94 bits per heavy atom. The zero-order valence-corrected chi connectivity index (χ0v) is 12.1. The molecular formula is C17H27N. The number of benzene rings is 1. The van der Waals surface area contributed by atoms with Crippen molar-refractivity contribution in [3.63, 3.8) is 0 Å². The van der Waals surface area contributed by atoms with Gasteiger partial charge in [-0.25, -0.2) is 0 Å². The van der Waals surface area contributed by atoms with Crippen molar-refractivity contribution in [2.24, 2.45) is 11.8 Å². The normalized spacial score (nSPS) is 17.1. The zero-order valence-electron chi connectivity index (χ0n) is 12.1. The molecule has 1 fully saturated rings. The molecule has 0 aromatic heterocycles. The predicted molar refractivity (Wildman–Crippen MR) is 78.9 cm³/mol. The van der Waals surface area contributed by atoms with Crippen LogP contribution in [0.1, 0.15) is 44.2 Å². The topological polar surface area (TPSA) is 12.0 Å². The van der Waals surface area contributed by atoms with Crippen molar-refractivity contribution in [1.82, 2.24) is 5.32 Å². The highest BCUT2D eigenvalue weighted by molar-refractivity contribution is 5.24. The third-order valence-electron chi connectivity index (χ3n) is 3.94. The molecule has 1 aromatic rings. The molecule has 1 N–H and O–H groups in total. The van der Waals surface area contributed by atoms with E-state index in [4.69, 9.17) is 0 Å². The molecule has 1 saturated carbocycles. The second-order valence-corrected chi connectivity index (χ2v) is 6.19. The zero-order chi connectivity index (χ0) is 13.0. The third kappa shape index (κ3) is 4.13. The van der Waals surface area contributed by atoms with Crippen LogP contribution in [0.25, 0.3) is 0 Å². The largest absolute Gasteiger partial charge is 0.317 e. The summed E-state index contributed by atoms with van der Waals surface area (Å²) in [7, 11) is 2.11. The fraction of sp³-hybridized carbons (Fsp3) is 0.647. The second kappa shape index (κ2) is 6.38. The van der Waals surface area contributed by atoms with E-state index in [9.17, 15) is 0 Å². The van der Waals surface area contributed by atoms with E-state index in [1.807, 2.05) is 0 Å². The van der Waals surface area contributed by atoms with Gasteiger partial charge in [-0.1, -0.05) is 38.1 Å². The lowest BCUT2D eigenvalue weighted by Crippen LogP contribution is -2.27. The van der Waals surface area contributed by atoms with Crippen LogP contribution in [0, 0.1) is 11.8 Å². The maximum absolute atomic E-state index is 3.48. The highest BCUT2D eigenvalue weighted by atomic mass is 14.9. The molecule has 18 heavy (non-hydrogen) atoms. The number of hydrogen-bond acceptors (Lipinski definition) is 1. The molecule has 100 valence electrons. The maximum Gasteiger partial charge on any atom is 0.00954 e. The summed E-state index contributed by atoms with van der Waals surface area (Å²) in [6.45, 7) is 4.58. The second-order valence-electron chi connectivity index (χ2n) is 6.19. The van der Waals surface area contributed by atoms with Crippen LogP contribution in [0.4, 0.5) is 0 Å². The standard InChI is InChI=1S/C17H27N/c1-13(2)11-15-6-4-5-14(12-15)7-10-17(18-3)16-8-9-16/h4-6,12-13,16-18H,7-11H2,1-3H3. The highest BCUT2D eigenvalue weighted by Gasteiger charge is 2.29. The number of hydrogen-bond donors (Lipinski definition) is 1. The van der Waals surface area contributed by atoms with Crippen LogP contribution in [0.15, 0.2) is 24.3 Å². The van der Waals surface area contributed by atoms with Gasteiger partial charge in [-0.15, -0.1) is 0 Å². The van der Waals surface area contributed by atoms with Gasteiger partial charge in [0.2, 0.25) is 0 Å². The monoisotopic (exact) mass is 245 g/mol. The third-order valence-corrected chi connectivity index (χ3v) is 3.94. The van der Waals surface area contributed by atoms with E-state index in [1.165, 1.54) is 43.2 Å². The maximum atomic E-state index is 3.48. The van der Waals surface area contributed by atoms with Crippen molar-refractivity contribution in [3.8, 4) is 0 Å². The molecule has 0 spiro atoms. The average molecular weight is 245 g/mol. The summed E-state index contributed by atoms with van der Waals surface area (Å²) in [5, 5.41) is 3.48. The van der Waals surface area contributed by atoms with Gasteiger partial charge in [0.25, 0.3) is 0 Å². The Hall–Kier alpha value is -0.820. The van der Waals surface area contributed by atoms with Crippen molar-refractivity contribution in [1.29, 1.82) is 0 Å². The van der Waals surface area contributed by atoms with Gasteiger partial charge in [0, 0.05) is 6.04 Å². The first-order valence-electron chi connectivity index (χ1n) is 7.44. The summed E-state index contributed by atoms with van der Waals surface area (Å²) in [5.41, 5.74) is 3.00. The van der Waals surface area contributed by atoms with Crippen LogP contribution in [0.2, 0.25) is 0 Å². The predicted octanol–water partition coefficient (Wildman–Crippen LogP) is 3.82. The van der Waals surface area contributed by atoms with E-state index in [-0.39, 0.29) is 0 Å². The lowest BCUT2D eigenvalue weighted by molar-refractivity contribution is 0.470. The molecule has 0 aliphatic heterocycles. The first kappa shape index (κ1) is 13.6. The minimum Gasteiger partial charge on any atom is -0.317 e. The molecule has 0 heterocycles. The minimum atomic E-state index is 0.735. The first-order valence-corrected chi connectivity index (χ1v) is 7.44. The van der Waals surface area contributed by atoms with E-state index in [1.54, 1.807) is 0 Å². The Balaban J connectivity index is 1.88. The Morgan fingerprint density at radius 1 is 1.22 bits per heavy atom. The molecule has 0 radical (unpaired) electrons. The van der Waals surface area contributed by atoms with Crippen molar-refractivity contribution >= 4 is 0 Å². The van der Waals surface area contributed by atoms with Gasteiger partial charge in [0.15, 0.2) is 0 Å². The van der Waals surface area contributed by atoms with Crippen LogP contribution in [-0.4, -0.2) is 13.1 Å². The molecule has 1 unspecified atom stereocenters. The number of rotatable bonds is 7. The summed E-state index contributed by atoms with van der Waals surface area (Å²) in [5.74, 6) is 1.70. The molecule has 1 heteroatoms. The molecule has 1 aliphatic carbocycles. The van der Waals surface area contributed by atoms with Gasteiger partial charge in [0.05, 0.1) is 0 Å². The molecular weight excluding hydrogens is 218 g/mol. The Kier molecular flexibility index (Phi) is 4.82. The van der Waals surface area contributed by atoms with E-state index in [2.05, 4.69) is 50.5 Å². The van der Waals surface area contributed by atoms with E-state index in [0.717, 1.165) is 17.9 Å². The van der Waals surface area contributed by atoms with E-state index < -0.39 is 0 Å².